The number of nitrogens with one attached hydrogen (secondary N) is 2. The SMILES string of the molecule is Cc1cncc(C(NN)c2cn[nH]n2)c1. The van der Waals surface area contributed by atoms with Crippen molar-refractivity contribution in [2.24, 2.45) is 5.84 Å². The van der Waals surface area contributed by atoms with Crippen LogP contribution in [0.2, 0.25) is 0 Å². The lowest BCUT2D eigenvalue weighted by molar-refractivity contribution is 0.616. The molecule has 1 unspecified atom stereocenters. The number of rotatable bonds is 3. The number of hydrazine groups is 1. The summed E-state index contributed by atoms with van der Waals surface area (Å²) in [7, 11) is 0. The van der Waals surface area contributed by atoms with Gasteiger partial charge in [0.2, 0.25) is 0 Å². The van der Waals surface area contributed by atoms with Gasteiger partial charge in [-0.15, -0.1) is 0 Å². The molecule has 0 aliphatic rings. The summed E-state index contributed by atoms with van der Waals surface area (Å²) < 4.78 is 0. The topological polar surface area (TPSA) is 92.5 Å². The first-order valence-electron chi connectivity index (χ1n) is 4.54. The number of aromatic amines is 1. The van der Waals surface area contributed by atoms with Crippen molar-refractivity contribution >= 4 is 0 Å². The van der Waals surface area contributed by atoms with Gasteiger partial charge >= 0.3 is 0 Å². The Kier molecular flexibility index (Phi) is 2.70. The molecule has 0 saturated carbocycles. The molecule has 0 amide bonds. The van der Waals surface area contributed by atoms with Crippen LogP contribution in [0.3, 0.4) is 0 Å². The average Bonchev–Trinajstić information content (AvgIpc) is 2.72. The zero-order valence-corrected chi connectivity index (χ0v) is 8.31. The molecule has 0 radical (unpaired) electrons. The summed E-state index contributed by atoms with van der Waals surface area (Å²) in [6.45, 7) is 1.98. The van der Waals surface area contributed by atoms with Crippen LogP contribution in [0, 0.1) is 6.92 Å². The number of nitrogens with zero attached hydrogens (tertiary/aromatic N) is 3. The molecule has 2 aromatic rings. The number of aromatic nitrogens is 4. The predicted octanol–water partition coefficient (Wildman–Crippen LogP) is 0.0608. The van der Waals surface area contributed by atoms with Gasteiger partial charge in [0, 0.05) is 12.4 Å². The second kappa shape index (κ2) is 4.16. The lowest BCUT2D eigenvalue weighted by atomic mass is 10.1. The number of hydrogen-bond donors (Lipinski definition) is 3. The second-order valence-electron chi connectivity index (χ2n) is 3.29. The fraction of sp³-hybridized carbons (Fsp3) is 0.222. The van der Waals surface area contributed by atoms with Gasteiger partial charge in [-0.05, 0) is 18.1 Å². The standard InChI is InChI=1S/C9H12N6/c1-6-2-7(4-11-3-6)9(13-10)8-5-12-15-14-8/h2-5,9,13H,10H2,1H3,(H,12,14,15). The van der Waals surface area contributed by atoms with Crippen LogP contribution in [0.25, 0.3) is 0 Å². The van der Waals surface area contributed by atoms with Gasteiger partial charge in [-0.3, -0.25) is 10.8 Å². The average molecular weight is 204 g/mol. The van der Waals surface area contributed by atoms with E-state index in [-0.39, 0.29) is 6.04 Å². The van der Waals surface area contributed by atoms with E-state index in [1.807, 2.05) is 13.0 Å². The predicted molar refractivity (Wildman–Crippen MR) is 54.5 cm³/mol. The van der Waals surface area contributed by atoms with Gasteiger partial charge in [0.25, 0.3) is 0 Å². The number of aryl methyl sites for hydroxylation is 1. The van der Waals surface area contributed by atoms with E-state index in [0.29, 0.717) is 0 Å². The quantitative estimate of drug-likeness (QED) is 0.485. The molecule has 0 saturated heterocycles. The molecule has 4 N–H and O–H groups in total. The normalized spacial score (nSPS) is 12.7. The molecule has 0 aliphatic carbocycles. The summed E-state index contributed by atoms with van der Waals surface area (Å²) in [5, 5.41) is 10.3. The van der Waals surface area contributed by atoms with Crippen molar-refractivity contribution in [3.63, 3.8) is 0 Å². The van der Waals surface area contributed by atoms with E-state index in [1.165, 1.54) is 0 Å². The zero-order chi connectivity index (χ0) is 10.7. The molecule has 0 aromatic carbocycles. The monoisotopic (exact) mass is 204 g/mol. The third-order valence-electron chi connectivity index (χ3n) is 2.13. The first-order valence-corrected chi connectivity index (χ1v) is 4.54. The fourth-order valence-electron chi connectivity index (χ4n) is 1.44. The highest BCUT2D eigenvalue weighted by Gasteiger charge is 2.15. The Labute approximate surface area is 86.9 Å². The van der Waals surface area contributed by atoms with Crippen molar-refractivity contribution in [1.29, 1.82) is 0 Å². The molecule has 15 heavy (non-hydrogen) atoms. The molecule has 6 heteroatoms. The van der Waals surface area contributed by atoms with Crippen LogP contribution in [0.15, 0.2) is 24.7 Å². The fourth-order valence-corrected chi connectivity index (χ4v) is 1.44. The molecule has 78 valence electrons. The van der Waals surface area contributed by atoms with Gasteiger partial charge in [-0.1, -0.05) is 6.07 Å². The minimum Gasteiger partial charge on any atom is -0.271 e. The number of hydrogen-bond acceptors (Lipinski definition) is 5. The molecule has 0 aliphatic heterocycles. The largest absolute Gasteiger partial charge is 0.271 e. The van der Waals surface area contributed by atoms with E-state index in [0.717, 1.165) is 16.8 Å². The van der Waals surface area contributed by atoms with E-state index in [2.05, 4.69) is 25.8 Å². The smallest absolute Gasteiger partial charge is 0.105 e. The number of pyridine rings is 1. The summed E-state index contributed by atoms with van der Waals surface area (Å²) >= 11 is 0. The van der Waals surface area contributed by atoms with Gasteiger partial charge in [-0.2, -0.15) is 15.4 Å². The van der Waals surface area contributed by atoms with Gasteiger partial charge in [-0.25, -0.2) is 5.43 Å². The minimum atomic E-state index is -0.184. The Morgan fingerprint density at radius 3 is 2.87 bits per heavy atom. The molecule has 0 spiro atoms. The van der Waals surface area contributed by atoms with Gasteiger partial charge in [0.1, 0.15) is 5.69 Å². The highest BCUT2D eigenvalue weighted by atomic mass is 15.3. The summed E-state index contributed by atoms with van der Waals surface area (Å²) in [6.07, 6.45) is 5.18. The lowest BCUT2D eigenvalue weighted by Gasteiger charge is -2.12. The van der Waals surface area contributed by atoms with E-state index >= 15 is 0 Å². The Balaban J connectivity index is 2.35. The molecule has 6 nitrogen and oxygen atoms in total. The van der Waals surface area contributed by atoms with Crippen LogP contribution in [-0.2, 0) is 0 Å². The molecule has 2 rings (SSSR count). The molecule has 1 atom stereocenters. The molecular formula is C9H12N6. The minimum absolute atomic E-state index is 0.184. The lowest BCUT2D eigenvalue weighted by Crippen LogP contribution is -2.29. The van der Waals surface area contributed by atoms with Crippen LogP contribution in [0.4, 0.5) is 0 Å². The van der Waals surface area contributed by atoms with Crippen molar-refractivity contribution in [2.75, 3.05) is 0 Å². The zero-order valence-electron chi connectivity index (χ0n) is 8.31. The maximum atomic E-state index is 5.49. The van der Waals surface area contributed by atoms with Crippen LogP contribution < -0.4 is 11.3 Å². The Morgan fingerprint density at radius 1 is 1.40 bits per heavy atom. The molecular weight excluding hydrogens is 192 g/mol. The number of H-pyrrole nitrogens is 1. The molecule has 0 bridgehead atoms. The van der Waals surface area contributed by atoms with E-state index in [9.17, 15) is 0 Å². The van der Waals surface area contributed by atoms with Crippen LogP contribution in [0.5, 0.6) is 0 Å². The first kappa shape index (κ1) is 9.75. The van der Waals surface area contributed by atoms with Crippen molar-refractivity contribution in [2.45, 2.75) is 13.0 Å². The summed E-state index contributed by atoms with van der Waals surface area (Å²) in [5.74, 6) is 5.49. The van der Waals surface area contributed by atoms with Crippen molar-refractivity contribution in [3.8, 4) is 0 Å². The Bertz CT molecular complexity index is 424. The van der Waals surface area contributed by atoms with Gasteiger partial charge in [0.05, 0.1) is 12.2 Å². The van der Waals surface area contributed by atoms with Crippen LogP contribution in [-0.4, -0.2) is 20.4 Å². The van der Waals surface area contributed by atoms with Crippen LogP contribution in [0.1, 0.15) is 22.9 Å². The van der Waals surface area contributed by atoms with Crippen LogP contribution >= 0.6 is 0 Å². The maximum absolute atomic E-state index is 5.49. The third kappa shape index (κ3) is 2.00. The third-order valence-corrected chi connectivity index (χ3v) is 2.13. The second-order valence-corrected chi connectivity index (χ2v) is 3.29. The molecule has 0 fully saturated rings. The van der Waals surface area contributed by atoms with Crippen molar-refractivity contribution < 1.29 is 0 Å². The highest BCUT2D eigenvalue weighted by Crippen LogP contribution is 2.18. The maximum Gasteiger partial charge on any atom is 0.105 e. The summed E-state index contributed by atoms with van der Waals surface area (Å²) in [4.78, 5) is 4.11. The van der Waals surface area contributed by atoms with E-state index < -0.39 is 0 Å². The van der Waals surface area contributed by atoms with E-state index in [4.69, 9.17) is 5.84 Å². The Hall–Kier alpha value is -1.79. The molecule has 2 aromatic heterocycles. The number of nitrogens with two attached hydrogens (primary N) is 1. The Morgan fingerprint density at radius 2 is 2.27 bits per heavy atom. The summed E-state index contributed by atoms with van der Waals surface area (Å²) in [5.41, 5.74) is 5.47. The van der Waals surface area contributed by atoms with Crippen molar-refractivity contribution in [1.82, 2.24) is 25.8 Å². The summed E-state index contributed by atoms with van der Waals surface area (Å²) in [6, 6.07) is 1.82. The highest BCUT2D eigenvalue weighted by molar-refractivity contribution is 5.26. The molecule has 2 heterocycles. The van der Waals surface area contributed by atoms with Crippen molar-refractivity contribution in [3.05, 3.63) is 41.5 Å². The van der Waals surface area contributed by atoms with Gasteiger partial charge < -0.3 is 0 Å². The first-order chi connectivity index (χ1) is 7.31. The van der Waals surface area contributed by atoms with E-state index in [1.54, 1.807) is 18.6 Å². The van der Waals surface area contributed by atoms with Gasteiger partial charge in [0.15, 0.2) is 0 Å².